The molecule has 1 aliphatic heterocycles. The van der Waals surface area contributed by atoms with Crippen LogP contribution in [0.4, 0.5) is 11.8 Å². The lowest BCUT2D eigenvalue weighted by atomic mass is 10.2. The average molecular weight is 454 g/mol. The highest BCUT2D eigenvalue weighted by atomic mass is 35.5. The van der Waals surface area contributed by atoms with Gasteiger partial charge in [-0.25, -0.2) is 15.0 Å². The first-order chi connectivity index (χ1) is 15.6. The topological polar surface area (TPSA) is 105 Å². The van der Waals surface area contributed by atoms with E-state index >= 15 is 0 Å². The van der Waals surface area contributed by atoms with Gasteiger partial charge in [0.05, 0.1) is 18.7 Å². The minimum Gasteiger partial charge on any atom is -0.495 e. The van der Waals surface area contributed by atoms with Crippen LogP contribution >= 0.6 is 11.6 Å². The van der Waals surface area contributed by atoms with Gasteiger partial charge < -0.3 is 20.3 Å². The van der Waals surface area contributed by atoms with Crippen LogP contribution in [0.3, 0.4) is 0 Å². The third-order valence-corrected chi connectivity index (χ3v) is 5.41. The summed E-state index contributed by atoms with van der Waals surface area (Å²) in [5, 5.41) is 6.62. The van der Waals surface area contributed by atoms with Gasteiger partial charge in [0.25, 0.3) is 5.91 Å². The van der Waals surface area contributed by atoms with Crippen molar-refractivity contribution < 1.29 is 9.53 Å². The fourth-order valence-corrected chi connectivity index (χ4v) is 3.70. The van der Waals surface area contributed by atoms with Crippen LogP contribution in [0.2, 0.25) is 5.02 Å². The van der Waals surface area contributed by atoms with Crippen molar-refractivity contribution in [3.63, 3.8) is 0 Å². The monoisotopic (exact) mass is 453 g/mol. The normalized spacial score (nSPS) is 13.1. The first-order valence-corrected chi connectivity index (χ1v) is 10.7. The van der Waals surface area contributed by atoms with Crippen molar-refractivity contribution in [1.82, 2.24) is 25.3 Å². The zero-order valence-electron chi connectivity index (χ0n) is 17.7. The summed E-state index contributed by atoms with van der Waals surface area (Å²) in [6.07, 6.45) is 7.04. The van der Waals surface area contributed by atoms with E-state index in [1.54, 1.807) is 31.8 Å². The Balaban J connectivity index is 1.53. The van der Waals surface area contributed by atoms with Gasteiger partial charge in [0.15, 0.2) is 0 Å². The highest BCUT2D eigenvalue weighted by molar-refractivity contribution is 6.32. The summed E-state index contributed by atoms with van der Waals surface area (Å²) in [5.41, 5.74) is 1.28. The molecule has 0 atom stereocenters. The molecule has 166 valence electrons. The van der Waals surface area contributed by atoms with Gasteiger partial charge in [0, 0.05) is 38.2 Å². The van der Waals surface area contributed by atoms with Crippen molar-refractivity contribution in [1.29, 1.82) is 0 Å². The number of methoxy groups -OCH3 is 1. The minimum atomic E-state index is -0.305. The molecule has 0 radical (unpaired) electrons. The third-order valence-electron chi connectivity index (χ3n) is 5.11. The number of hydrogen-bond donors (Lipinski definition) is 2. The number of rotatable bonds is 8. The smallest absolute Gasteiger partial charge is 0.256 e. The second-order valence-electron chi connectivity index (χ2n) is 7.30. The molecule has 3 aromatic rings. The second-order valence-corrected chi connectivity index (χ2v) is 7.70. The van der Waals surface area contributed by atoms with Gasteiger partial charge in [-0.2, -0.15) is 4.98 Å². The first-order valence-electron chi connectivity index (χ1n) is 10.4. The van der Waals surface area contributed by atoms with Crippen molar-refractivity contribution >= 4 is 29.3 Å². The zero-order chi connectivity index (χ0) is 22.3. The number of amides is 1. The molecule has 32 heavy (non-hydrogen) atoms. The van der Waals surface area contributed by atoms with Gasteiger partial charge in [-0.05, 0) is 36.6 Å². The Kier molecular flexibility index (Phi) is 6.96. The maximum Gasteiger partial charge on any atom is 0.256 e. The molecule has 4 rings (SSSR count). The first kappa shape index (κ1) is 21.8. The van der Waals surface area contributed by atoms with E-state index in [0.717, 1.165) is 31.5 Å². The Hall–Kier alpha value is -3.46. The summed E-state index contributed by atoms with van der Waals surface area (Å²) in [4.78, 5) is 32.4. The number of aromatic nitrogens is 4. The molecule has 1 fully saturated rings. The van der Waals surface area contributed by atoms with Crippen LogP contribution in [-0.4, -0.2) is 46.0 Å². The third kappa shape index (κ3) is 5.23. The van der Waals surface area contributed by atoms with Crippen molar-refractivity contribution in [2.75, 3.05) is 30.4 Å². The van der Waals surface area contributed by atoms with Crippen molar-refractivity contribution in [2.24, 2.45) is 0 Å². The van der Waals surface area contributed by atoms with E-state index in [1.165, 1.54) is 0 Å². The number of nitrogens with one attached hydrogen (secondary N) is 2. The van der Waals surface area contributed by atoms with Gasteiger partial charge in [-0.15, -0.1) is 0 Å². The van der Waals surface area contributed by atoms with E-state index < -0.39 is 0 Å². The number of nitrogens with zero attached hydrogens (tertiary/aromatic N) is 5. The van der Waals surface area contributed by atoms with E-state index in [9.17, 15) is 4.79 Å². The van der Waals surface area contributed by atoms with E-state index in [2.05, 4.69) is 35.5 Å². The Morgan fingerprint density at radius 3 is 2.66 bits per heavy atom. The number of ether oxygens (including phenoxy) is 1. The van der Waals surface area contributed by atoms with E-state index in [-0.39, 0.29) is 12.5 Å². The Morgan fingerprint density at radius 1 is 1.16 bits per heavy atom. The van der Waals surface area contributed by atoms with Crippen molar-refractivity contribution in [2.45, 2.75) is 25.9 Å². The summed E-state index contributed by atoms with van der Waals surface area (Å²) in [5.74, 6) is 1.90. The summed E-state index contributed by atoms with van der Waals surface area (Å²) in [7, 11) is 1.57. The van der Waals surface area contributed by atoms with Crippen molar-refractivity contribution in [3.05, 3.63) is 64.8 Å². The van der Waals surface area contributed by atoms with Crippen LogP contribution in [-0.2, 0) is 13.1 Å². The highest BCUT2D eigenvalue weighted by Gasteiger charge is 2.20. The van der Waals surface area contributed by atoms with E-state index in [4.69, 9.17) is 16.3 Å². The van der Waals surface area contributed by atoms with Crippen LogP contribution in [0.15, 0.2) is 42.9 Å². The Labute approximate surface area is 191 Å². The highest BCUT2D eigenvalue weighted by Crippen LogP contribution is 2.26. The van der Waals surface area contributed by atoms with Crippen molar-refractivity contribution in [3.8, 4) is 5.75 Å². The fourth-order valence-electron chi connectivity index (χ4n) is 3.42. The Morgan fingerprint density at radius 2 is 1.94 bits per heavy atom. The molecule has 0 bridgehead atoms. The van der Waals surface area contributed by atoms with Gasteiger partial charge in [0.2, 0.25) is 5.95 Å². The SMILES string of the molecule is COc1ccc(CNc2nc(N3CCCC3)ncc2C(=O)NCc2ncccn2)cc1Cl. The van der Waals surface area contributed by atoms with E-state index in [0.29, 0.717) is 40.5 Å². The number of carbonyl (C=O) groups is 1. The van der Waals surface area contributed by atoms with Crippen LogP contribution < -0.4 is 20.3 Å². The predicted molar refractivity (Wildman–Crippen MR) is 122 cm³/mol. The average Bonchev–Trinajstić information content (AvgIpc) is 3.37. The van der Waals surface area contributed by atoms with E-state index in [1.807, 2.05) is 18.2 Å². The molecule has 1 aliphatic rings. The zero-order valence-corrected chi connectivity index (χ0v) is 18.5. The maximum absolute atomic E-state index is 12.9. The summed E-state index contributed by atoms with van der Waals surface area (Å²) in [6.45, 7) is 2.46. The van der Waals surface area contributed by atoms with Gasteiger partial charge in [-0.3, -0.25) is 4.79 Å². The lowest BCUT2D eigenvalue weighted by molar-refractivity contribution is 0.0950. The Bertz CT molecular complexity index is 1080. The molecule has 3 heterocycles. The second kappa shape index (κ2) is 10.2. The van der Waals surface area contributed by atoms with Gasteiger partial charge in [-0.1, -0.05) is 17.7 Å². The minimum absolute atomic E-state index is 0.209. The lowest BCUT2D eigenvalue weighted by Crippen LogP contribution is -2.27. The molecule has 1 aromatic carbocycles. The fraction of sp³-hybridized carbons (Fsp3) is 0.318. The van der Waals surface area contributed by atoms with Crippen LogP contribution in [0, 0.1) is 0 Å². The molecular formula is C22H24ClN7O2. The number of carbonyl (C=O) groups excluding carboxylic acids is 1. The molecule has 1 saturated heterocycles. The largest absolute Gasteiger partial charge is 0.495 e. The molecule has 2 N–H and O–H groups in total. The molecule has 1 amide bonds. The summed E-state index contributed by atoms with van der Waals surface area (Å²) < 4.78 is 5.21. The van der Waals surface area contributed by atoms with Crippen LogP contribution in [0.1, 0.15) is 34.6 Å². The van der Waals surface area contributed by atoms with Crippen LogP contribution in [0.25, 0.3) is 0 Å². The quantitative estimate of drug-likeness (QED) is 0.536. The number of halogens is 1. The molecule has 9 nitrogen and oxygen atoms in total. The molecule has 2 aromatic heterocycles. The number of anilines is 2. The maximum atomic E-state index is 12.9. The summed E-state index contributed by atoms with van der Waals surface area (Å²) in [6, 6.07) is 7.27. The van der Waals surface area contributed by atoms with Gasteiger partial charge >= 0.3 is 0 Å². The number of benzene rings is 1. The van der Waals surface area contributed by atoms with Gasteiger partial charge in [0.1, 0.15) is 23.0 Å². The lowest BCUT2D eigenvalue weighted by Gasteiger charge is -2.18. The standard InChI is InChI=1S/C22H24ClN7O2/c1-32-18-6-5-15(11-17(18)23)12-26-20-16(13-28-22(29-20)30-9-2-3-10-30)21(31)27-14-19-24-7-4-8-25-19/h4-8,11,13H,2-3,9-10,12,14H2,1H3,(H,27,31)(H,26,28,29). The molecular weight excluding hydrogens is 430 g/mol. The predicted octanol–water partition coefficient (Wildman–Crippen LogP) is 3.07. The molecule has 0 saturated carbocycles. The molecule has 0 unspecified atom stereocenters. The number of hydrogen-bond acceptors (Lipinski definition) is 8. The molecule has 0 spiro atoms. The molecule has 0 aliphatic carbocycles. The summed E-state index contributed by atoms with van der Waals surface area (Å²) >= 11 is 6.24. The van der Waals surface area contributed by atoms with Crippen LogP contribution in [0.5, 0.6) is 5.75 Å². The molecule has 10 heteroatoms.